The average molecular weight is 393 g/mol. The first-order chi connectivity index (χ1) is 14.1. The second-order valence-electron chi connectivity index (χ2n) is 7.30. The first kappa shape index (κ1) is 17.7. The lowest BCUT2D eigenvalue weighted by molar-refractivity contribution is 0.0972. The fourth-order valence-corrected chi connectivity index (χ4v) is 4.00. The number of fused-ring (bicyclic) bond motifs is 4. The molecule has 5 rings (SSSR count). The van der Waals surface area contributed by atoms with Crippen molar-refractivity contribution >= 4 is 16.8 Å². The van der Waals surface area contributed by atoms with Gasteiger partial charge in [0.1, 0.15) is 5.65 Å². The van der Waals surface area contributed by atoms with Gasteiger partial charge in [0.15, 0.2) is 17.3 Å². The van der Waals surface area contributed by atoms with Crippen LogP contribution in [-0.4, -0.2) is 33.5 Å². The summed E-state index contributed by atoms with van der Waals surface area (Å²) in [6.45, 7) is 1.38. The van der Waals surface area contributed by atoms with Crippen molar-refractivity contribution in [3.63, 3.8) is 0 Å². The van der Waals surface area contributed by atoms with Gasteiger partial charge in [-0.3, -0.25) is 19.1 Å². The lowest BCUT2D eigenvalue weighted by atomic mass is 9.90. The zero-order valence-corrected chi connectivity index (χ0v) is 15.7. The SMILES string of the molecule is O=C1CCCc2c1cnc1c2c(=O)[nH]c(=O)n1Cc1ccc2c(c1)OCCCO2. The Morgan fingerprint density at radius 2 is 1.86 bits per heavy atom. The number of aryl methyl sites for hydroxylation is 1. The van der Waals surface area contributed by atoms with Gasteiger partial charge in [-0.05, 0) is 36.1 Å². The third-order valence-corrected chi connectivity index (χ3v) is 5.40. The first-order valence-corrected chi connectivity index (χ1v) is 9.68. The Labute approximate surface area is 165 Å². The number of rotatable bonds is 2. The van der Waals surface area contributed by atoms with Gasteiger partial charge < -0.3 is 9.47 Å². The summed E-state index contributed by atoms with van der Waals surface area (Å²) < 4.78 is 12.8. The summed E-state index contributed by atoms with van der Waals surface area (Å²) in [7, 11) is 0. The smallest absolute Gasteiger partial charge is 0.330 e. The summed E-state index contributed by atoms with van der Waals surface area (Å²) in [6.07, 6.45) is 4.05. The first-order valence-electron chi connectivity index (χ1n) is 9.68. The Hall–Kier alpha value is -3.42. The van der Waals surface area contributed by atoms with Gasteiger partial charge in [-0.2, -0.15) is 0 Å². The number of pyridine rings is 1. The number of nitrogens with zero attached hydrogens (tertiary/aromatic N) is 2. The van der Waals surface area contributed by atoms with E-state index in [0.717, 1.165) is 12.0 Å². The van der Waals surface area contributed by atoms with Crippen LogP contribution in [-0.2, 0) is 13.0 Å². The van der Waals surface area contributed by atoms with Crippen LogP contribution in [0.3, 0.4) is 0 Å². The topological polar surface area (TPSA) is 103 Å². The van der Waals surface area contributed by atoms with E-state index in [9.17, 15) is 14.4 Å². The third-order valence-electron chi connectivity index (χ3n) is 5.40. The molecule has 1 aliphatic heterocycles. The van der Waals surface area contributed by atoms with Crippen LogP contribution in [0.25, 0.3) is 11.0 Å². The van der Waals surface area contributed by atoms with Crippen molar-refractivity contribution < 1.29 is 14.3 Å². The molecule has 1 aromatic carbocycles. The Morgan fingerprint density at radius 1 is 1.03 bits per heavy atom. The van der Waals surface area contributed by atoms with Gasteiger partial charge in [-0.1, -0.05) is 6.07 Å². The summed E-state index contributed by atoms with van der Waals surface area (Å²) in [5.41, 5.74) is 1.23. The molecule has 2 aromatic heterocycles. The number of carbonyl (C=O) groups excluding carboxylic acids is 1. The molecule has 8 nitrogen and oxygen atoms in total. The van der Waals surface area contributed by atoms with Crippen LogP contribution in [0.5, 0.6) is 11.5 Å². The van der Waals surface area contributed by atoms with Crippen LogP contribution < -0.4 is 20.7 Å². The number of H-pyrrole nitrogens is 1. The highest BCUT2D eigenvalue weighted by Crippen LogP contribution is 2.31. The lowest BCUT2D eigenvalue weighted by Crippen LogP contribution is -2.32. The number of Topliss-reactive ketones (excluding diaryl/α,β-unsaturated/α-hetero) is 1. The maximum atomic E-state index is 12.6. The van der Waals surface area contributed by atoms with Crippen molar-refractivity contribution in [1.29, 1.82) is 0 Å². The normalized spacial score (nSPS) is 15.8. The van der Waals surface area contributed by atoms with E-state index in [1.165, 1.54) is 10.8 Å². The van der Waals surface area contributed by atoms with Crippen molar-refractivity contribution in [3.05, 3.63) is 61.9 Å². The van der Waals surface area contributed by atoms with Crippen molar-refractivity contribution in [1.82, 2.24) is 14.5 Å². The summed E-state index contributed by atoms with van der Waals surface area (Å²) in [6, 6.07) is 5.52. The standard InChI is InChI=1S/C21H19N3O5/c25-15-4-1-3-13-14(15)10-22-19-18(13)20(26)23-21(27)24(19)11-12-5-6-16-17(9-12)29-8-2-7-28-16/h5-6,9-10H,1-4,7-8,11H2,(H,23,26,27). The maximum Gasteiger partial charge on any atom is 0.330 e. The van der Waals surface area contributed by atoms with E-state index in [1.54, 1.807) is 0 Å². The van der Waals surface area contributed by atoms with Crippen LogP contribution >= 0.6 is 0 Å². The van der Waals surface area contributed by atoms with E-state index in [4.69, 9.17) is 9.47 Å². The number of benzene rings is 1. The zero-order chi connectivity index (χ0) is 20.0. The number of carbonyl (C=O) groups is 1. The van der Waals surface area contributed by atoms with E-state index in [2.05, 4.69) is 9.97 Å². The molecular weight excluding hydrogens is 374 g/mol. The lowest BCUT2D eigenvalue weighted by Gasteiger charge is -2.17. The molecule has 0 fully saturated rings. The highest BCUT2D eigenvalue weighted by Gasteiger charge is 2.23. The van der Waals surface area contributed by atoms with E-state index >= 15 is 0 Å². The predicted molar refractivity (Wildman–Crippen MR) is 105 cm³/mol. The molecule has 3 heterocycles. The molecule has 0 amide bonds. The van der Waals surface area contributed by atoms with Gasteiger partial charge in [-0.15, -0.1) is 0 Å². The van der Waals surface area contributed by atoms with Gasteiger partial charge in [0.2, 0.25) is 0 Å². The second kappa shape index (κ2) is 6.88. The van der Waals surface area contributed by atoms with Crippen LogP contribution in [0, 0.1) is 0 Å². The molecule has 1 N–H and O–H groups in total. The molecule has 29 heavy (non-hydrogen) atoms. The van der Waals surface area contributed by atoms with Gasteiger partial charge in [0.05, 0.1) is 25.1 Å². The number of ketones is 1. The second-order valence-corrected chi connectivity index (χ2v) is 7.30. The van der Waals surface area contributed by atoms with Crippen LogP contribution in [0.15, 0.2) is 34.0 Å². The summed E-state index contributed by atoms with van der Waals surface area (Å²) in [4.78, 5) is 44.1. The monoisotopic (exact) mass is 393 g/mol. The molecule has 0 saturated carbocycles. The van der Waals surface area contributed by atoms with Crippen LogP contribution in [0.1, 0.15) is 40.7 Å². The minimum absolute atomic E-state index is 0.0132. The molecular formula is C21H19N3O5. The summed E-state index contributed by atoms with van der Waals surface area (Å²) >= 11 is 0. The molecule has 0 atom stereocenters. The molecule has 0 spiro atoms. The largest absolute Gasteiger partial charge is 0.490 e. The quantitative estimate of drug-likeness (QED) is 0.712. The number of ether oxygens (including phenoxy) is 2. The van der Waals surface area contributed by atoms with Crippen molar-refractivity contribution in [2.75, 3.05) is 13.2 Å². The molecule has 3 aromatic rings. The Kier molecular flexibility index (Phi) is 4.19. The Bertz CT molecular complexity index is 1260. The highest BCUT2D eigenvalue weighted by molar-refractivity contribution is 6.01. The molecule has 0 radical (unpaired) electrons. The van der Waals surface area contributed by atoms with Gasteiger partial charge in [0.25, 0.3) is 5.56 Å². The molecule has 0 bridgehead atoms. The van der Waals surface area contributed by atoms with E-state index in [-0.39, 0.29) is 12.3 Å². The third kappa shape index (κ3) is 3.00. The minimum atomic E-state index is -0.538. The zero-order valence-electron chi connectivity index (χ0n) is 15.7. The van der Waals surface area contributed by atoms with Crippen molar-refractivity contribution in [2.45, 2.75) is 32.2 Å². The van der Waals surface area contributed by atoms with E-state index in [1.807, 2.05) is 18.2 Å². The number of nitrogens with one attached hydrogen (secondary N) is 1. The van der Waals surface area contributed by atoms with Crippen LogP contribution in [0.4, 0.5) is 0 Å². The molecule has 2 aliphatic rings. The number of hydrogen-bond donors (Lipinski definition) is 1. The fraction of sp³-hybridized carbons (Fsp3) is 0.333. The van der Waals surface area contributed by atoms with Gasteiger partial charge in [0, 0.05) is 24.6 Å². The van der Waals surface area contributed by atoms with Crippen LogP contribution in [0.2, 0.25) is 0 Å². The van der Waals surface area contributed by atoms with E-state index < -0.39 is 11.2 Å². The van der Waals surface area contributed by atoms with Crippen molar-refractivity contribution in [3.8, 4) is 11.5 Å². The predicted octanol–water partition coefficient (Wildman–Crippen LogP) is 1.81. The fourth-order valence-electron chi connectivity index (χ4n) is 4.00. The number of aromatic nitrogens is 3. The molecule has 0 saturated heterocycles. The van der Waals surface area contributed by atoms with Crippen molar-refractivity contribution in [2.24, 2.45) is 0 Å². The number of hydrogen-bond acceptors (Lipinski definition) is 6. The molecule has 8 heteroatoms. The van der Waals surface area contributed by atoms with Gasteiger partial charge in [-0.25, -0.2) is 9.78 Å². The van der Waals surface area contributed by atoms with Gasteiger partial charge >= 0.3 is 5.69 Å². The summed E-state index contributed by atoms with van der Waals surface area (Å²) in [5.74, 6) is 1.30. The minimum Gasteiger partial charge on any atom is -0.490 e. The highest BCUT2D eigenvalue weighted by atomic mass is 16.5. The summed E-state index contributed by atoms with van der Waals surface area (Å²) in [5, 5.41) is 0.324. The molecule has 148 valence electrons. The average Bonchev–Trinajstić information content (AvgIpc) is 2.95. The Balaban J connectivity index is 1.64. The Morgan fingerprint density at radius 3 is 2.72 bits per heavy atom. The van der Waals surface area contributed by atoms with E-state index in [0.29, 0.717) is 66.1 Å². The maximum absolute atomic E-state index is 12.6. The number of aromatic amines is 1. The molecule has 1 aliphatic carbocycles. The molecule has 0 unspecified atom stereocenters.